The molecule has 0 bridgehead atoms. The molecule has 206 valence electrons. The average Bonchev–Trinajstić information content (AvgIpc) is 3.57. The molecule has 2 heterocycles. The van der Waals surface area contributed by atoms with Gasteiger partial charge in [0.2, 0.25) is 0 Å². The molecule has 44 heavy (non-hydrogen) atoms. The molecule has 0 fully saturated rings. The van der Waals surface area contributed by atoms with Crippen molar-refractivity contribution in [1.29, 1.82) is 0 Å². The maximum absolute atomic E-state index is 12.0. The van der Waals surface area contributed by atoms with Crippen LogP contribution in [0.15, 0.2) is 121 Å². The maximum Gasteiger partial charge on any atom is 0.258 e. The van der Waals surface area contributed by atoms with Gasteiger partial charge in [0, 0.05) is 46.6 Å². The second-order valence-electron chi connectivity index (χ2n) is 10.1. The number of benzene rings is 5. The molecule has 5 aromatic carbocycles. The van der Waals surface area contributed by atoms with Crippen LogP contribution in [0.25, 0.3) is 21.5 Å². The first-order chi connectivity index (χ1) is 21.5. The number of rotatable bonds is 2. The molecule has 0 saturated heterocycles. The summed E-state index contributed by atoms with van der Waals surface area (Å²) in [6, 6.07) is 30.1. The zero-order chi connectivity index (χ0) is 30.2. The number of carbonyl (C=O) groups excluding carboxylic acids is 4. The lowest BCUT2D eigenvalue weighted by molar-refractivity contribution is -0.121. The second kappa shape index (κ2) is 10.7. The molecule has 0 aromatic heterocycles. The predicted molar refractivity (Wildman–Crippen MR) is 170 cm³/mol. The van der Waals surface area contributed by atoms with Crippen molar-refractivity contribution < 1.29 is 19.2 Å². The van der Waals surface area contributed by atoms with Crippen molar-refractivity contribution in [3.63, 3.8) is 0 Å². The van der Waals surface area contributed by atoms with E-state index in [0.717, 1.165) is 53.6 Å². The number of anilines is 2. The van der Waals surface area contributed by atoms with E-state index in [0.29, 0.717) is 11.4 Å². The number of fused-ring (bicyclic) bond motifs is 2. The fourth-order valence-electron chi connectivity index (χ4n) is 5.36. The first kappa shape index (κ1) is 26.4. The van der Waals surface area contributed by atoms with E-state index in [1.165, 1.54) is 24.3 Å². The van der Waals surface area contributed by atoms with Crippen LogP contribution < -0.4 is 9.80 Å². The number of carbonyl (C=O) groups is 4. The van der Waals surface area contributed by atoms with Crippen LogP contribution >= 0.6 is 0 Å². The van der Waals surface area contributed by atoms with E-state index in [1.54, 1.807) is 48.5 Å². The van der Waals surface area contributed by atoms with Gasteiger partial charge in [-0.15, -0.1) is 0 Å². The molecule has 2 aliphatic heterocycles. The molecule has 0 aliphatic carbocycles. The van der Waals surface area contributed by atoms with Gasteiger partial charge in [-0.3, -0.25) is 19.2 Å². The molecule has 4 amide bonds. The molecule has 2 aliphatic rings. The fraction of sp³-hybridized carbons (Fsp3) is 0. The highest BCUT2D eigenvalue weighted by atomic mass is 16.2. The quantitative estimate of drug-likeness (QED) is 0.157. The average molecular weight is 569 g/mol. The normalized spacial score (nSPS) is 13.9. The molecule has 0 atom stereocenters. The third-order valence-corrected chi connectivity index (χ3v) is 7.46. The first-order valence-electron chi connectivity index (χ1n) is 13.8. The molecule has 0 radical (unpaired) electrons. The van der Waals surface area contributed by atoms with Crippen LogP contribution in [0.4, 0.5) is 11.4 Å². The number of nitrogens with zero attached hydrogens (tertiary/aromatic N) is 2. The molecule has 0 spiro atoms. The Kier molecular flexibility index (Phi) is 6.43. The molecule has 6 heteroatoms. The minimum atomic E-state index is -0.361. The van der Waals surface area contributed by atoms with E-state index in [9.17, 15) is 19.2 Å². The number of hydrogen-bond donors (Lipinski definition) is 0. The highest BCUT2D eigenvalue weighted by Gasteiger charge is 2.25. The molecule has 7 rings (SSSR count). The van der Waals surface area contributed by atoms with Crippen molar-refractivity contribution in [2.45, 2.75) is 0 Å². The van der Waals surface area contributed by atoms with E-state index < -0.39 is 0 Å². The lowest BCUT2D eigenvalue weighted by Crippen LogP contribution is -2.29. The van der Waals surface area contributed by atoms with Crippen LogP contribution in [0.5, 0.6) is 0 Å². The Hall–Kier alpha value is -6.50. The molecule has 6 nitrogen and oxygen atoms in total. The Morgan fingerprint density at radius 1 is 0.364 bits per heavy atom. The smallest absolute Gasteiger partial charge is 0.258 e. The third-order valence-electron chi connectivity index (χ3n) is 7.46. The fourth-order valence-corrected chi connectivity index (χ4v) is 5.36. The second-order valence-corrected chi connectivity index (χ2v) is 10.1. The van der Waals surface area contributed by atoms with Crippen molar-refractivity contribution in [3.05, 3.63) is 144 Å². The lowest BCUT2D eigenvalue weighted by atomic mass is 9.92. The van der Waals surface area contributed by atoms with Gasteiger partial charge >= 0.3 is 0 Å². The van der Waals surface area contributed by atoms with Crippen molar-refractivity contribution in [2.75, 3.05) is 9.80 Å². The molecular formula is C38H20N2O4. The highest BCUT2D eigenvalue weighted by molar-refractivity contribution is 6.28. The van der Waals surface area contributed by atoms with E-state index in [1.807, 2.05) is 48.5 Å². The van der Waals surface area contributed by atoms with Gasteiger partial charge in [0.1, 0.15) is 0 Å². The van der Waals surface area contributed by atoms with Crippen LogP contribution in [-0.4, -0.2) is 23.6 Å². The summed E-state index contributed by atoms with van der Waals surface area (Å²) in [6.07, 6.45) is 5.04. The summed E-state index contributed by atoms with van der Waals surface area (Å²) in [4.78, 5) is 50.3. The topological polar surface area (TPSA) is 74.8 Å². The Balaban J connectivity index is 1.26. The van der Waals surface area contributed by atoms with Gasteiger partial charge in [0.25, 0.3) is 23.6 Å². The highest BCUT2D eigenvalue weighted by Crippen LogP contribution is 2.32. The Morgan fingerprint density at radius 3 is 0.955 bits per heavy atom. The van der Waals surface area contributed by atoms with Crippen molar-refractivity contribution in [1.82, 2.24) is 0 Å². The summed E-state index contributed by atoms with van der Waals surface area (Å²) in [6.45, 7) is 0. The Morgan fingerprint density at radius 2 is 0.659 bits per heavy atom. The van der Waals surface area contributed by atoms with Gasteiger partial charge in [-0.25, -0.2) is 9.80 Å². The summed E-state index contributed by atoms with van der Waals surface area (Å²) in [5.74, 6) is 11.8. The van der Waals surface area contributed by atoms with Gasteiger partial charge < -0.3 is 0 Å². The molecule has 0 N–H and O–H groups in total. The first-order valence-corrected chi connectivity index (χ1v) is 13.8. The standard InChI is InChI=1S/C38H20N2O4/c41-35-21-22-36(42)39(35)27-15-9-25(10-16-27)13-19-33-29-5-1-2-6-30(29)34(32-8-4-3-7-31(32)33)20-14-26-11-17-28(18-12-26)40-37(43)23-24-38(40)44/h1-12,15-18,21-24H. The van der Waals surface area contributed by atoms with Crippen LogP contribution in [0.1, 0.15) is 22.3 Å². The van der Waals surface area contributed by atoms with Crippen LogP contribution in [-0.2, 0) is 19.2 Å². The van der Waals surface area contributed by atoms with Gasteiger partial charge in [0.15, 0.2) is 0 Å². The summed E-state index contributed by atoms with van der Waals surface area (Å²) in [7, 11) is 0. The van der Waals surface area contributed by atoms with E-state index in [-0.39, 0.29) is 23.6 Å². The van der Waals surface area contributed by atoms with Gasteiger partial charge in [0.05, 0.1) is 11.4 Å². The number of imide groups is 2. The Labute approximate surface area is 252 Å². The van der Waals surface area contributed by atoms with E-state index in [4.69, 9.17) is 0 Å². The largest absolute Gasteiger partial charge is 0.269 e. The summed E-state index contributed by atoms with van der Waals surface area (Å²) < 4.78 is 0. The SMILES string of the molecule is O=C1C=CC(=O)N1c1ccc(C#Cc2c3ccccc3c(C#Cc3ccc(N4C(=O)C=CC4=O)cc3)c3ccccc23)cc1. The van der Waals surface area contributed by atoms with Gasteiger partial charge in [-0.2, -0.15) is 0 Å². The van der Waals surface area contributed by atoms with Crippen molar-refractivity contribution in [3.8, 4) is 23.7 Å². The minimum absolute atomic E-state index is 0.361. The maximum atomic E-state index is 12.0. The molecule has 0 unspecified atom stereocenters. The van der Waals surface area contributed by atoms with Gasteiger partial charge in [-0.05, 0) is 70.1 Å². The number of hydrogen-bond acceptors (Lipinski definition) is 4. The molecular weight excluding hydrogens is 548 g/mol. The minimum Gasteiger partial charge on any atom is -0.269 e. The predicted octanol–water partition coefficient (Wildman–Crippen LogP) is 5.65. The summed E-state index contributed by atoms with van der Waals surface area (Å²) >= 11 is 0. The van der Waals surface area contributed by atoms with Gasteiger partial charge in [-0.1, -0.05) is 72.2 Å². The third kappa shape index (κ3) is 4.63. The monoisotopic (exact) mass is 568 g/mol. The van der Waals surface area contributed by atoms with Crippen LogP contribution in [0, 0.1) is 23.7 Å². The van der Waals surface area contributed by atoms with Crippen LogP contribution in [0.3, 0.4) is 0 Å². The van der Waals surface area contributed by atoms with Crippen LogP contribution in [0.2, 0.25) is 0 Å². The van der Waals surface area contributed by atoms with Crippen molar-refractivity contribution >= 4 is 56.5 Å². The molecule has 0 saturated carbocycles. The summed E-state index contributed by atoms with van der Waals surface area (Å²) in [5, 5.41) is 3.86. The van der Waals surface area contributed by atoms with Crippen molar-refractivity contribution in [2.24, 2.45) is 0 Å². The summed E-state index contributed by atoms with van der Waals surface area (Å²) in [5.41, 5.74) is 4.23. The van der Waals surface area contributed by atoms with E-state index >= 15 is 0 Å². The lowest BCUT2D eigenvalue weighted by Gasteiger charge is -2.13. The molecule has 5 aromatic rings. The Bertz CT molecular complexity index is 2000. The van der Waals surface area contributed by atoms with E-state index in [2.05, 4.69) is 23.7 Å². The zero-order valence-electron chi connectivity index (χ0n) is 23.1. The number of amides is 4. The zero-order valence-corrected chi connectivity index (χ0v) is 23.1.